The molecule has 1 aliphatic heterocycles. The summed E-state index contributed by atoms with van der Waals surface area (Å²) >= 11 is 0. The molecule has 0 bridgehead atoms. The Bertz CT molecular complexity index is 1210. The molecule has 0 atom stereocenters. The number of anilines is 4. The van der Waals surface area contributed by atoms with E-state index in [4.69, 9.17) is 5.73 Å². The van der Waals surface area contributed by atoms with Crippen molar-refractivity contribution in [1.82, 2.24) is 24.7 Å². The maximum Gasteiger partial charge on any atom is 0.227 e. The van der Waals surface area contributed by atoms with Crippen LogP contribution in [0.15, 0.2) is 61.1 Å². The van der Waals surface area contributed by atoms with E-state index < -0.39 is 0 Å². The van der Waals surface area contributed by atoms with Crippen LogP contribution in [0.4, 0.5) is 23.0 Å². The van der Waals surface area contributed by atoms with Gasteiger partial charge in [0.1, 0.15) is 12.2 Å². The van der Waals surface area contributed by atoms with Gasteiger partial charge in [0.2, 0.25) is 5.95 Å². The van der Waals surface area contributed by atoms with Crippen molar-refractivity contribution < 1.29 is 0 Å². The van der Waals surface area contributed by atoms with E-state index in [9.17, 15) is 0 Å². The number of aryl methyl sites for hydroxylation is 1. The van der Waals surface area contributed by atoms with Gasteiger partial charge in [-0.3, -0.25) is 0 Å². The summed E-state index contributed by atoms with van der Waals surface area (Å²) in [6, 6.07) is 16.0. The highest BCUT2D eigenvalue weighted by Gasteiger charge is 2.14. The molecule has 8 nitrogen and oxygen atoms in total. The van der Waals surface area contributed by atoms with Gasteiger partial charge in [0.05, 0.1) is 22.8 Å². The van der Waals surface area contributed by atoms with Gasteiger partial charge < -0.3 is 16.0 Å². The third-order valence-electron chi connectivity index (χ3n) is 5.67. The molecule has 0 radical (unpaired) electrons. The molecule has 1 fully saturated rings. The fourth-order valence-corrected chi connectivity index (χ4v) is 4.01. The molecule has 1 aliphatic rings. The second-order valence-corrected chi connectivity index (χ2v) is 8.00. The second kappa shape index (κ2) is 8.66. The van der Waals surface area contributed by atoms with E-state index in [1.807, 2.05) is 43.3 Å². The van der Waals surface area contributed by atoms with Crippen LogP contribution in [0.2, 0.25) is 0 Å². The van der Waals surface area contributed by atoms with E-state index in [-0.39, 0.29) is 0 Å². The van der Waals surface area contributed by atoms with Crippen LogP contribution in [-0.2, 0) is 0 Å². The van der Waals surface area contributed by atoms with Crippen molar-refractivity contribution in [2.45, 2.75) is 26.2 Å². The molecule has 1 saturated heterocycles. The SMILES string of the molecule is Cc1ncn(-c2ccc(Nc3nccc(-c4ccc(N5CCCCC5)c(N)c4)n3)cc2)n1. The van der Waals surface area contributed by atoms with Gasteiger partial charge in [0.25, 0.3) is 0 Å². The predicted molar refractivity (Wildman–Crippen MR) is 127 cm³/mol. The number of nitrogens with zero attached hydrogens (tertiary/aromatic N) is 6. The van der Waals surface area contributed by atoms with E-state index in [0.29, 0.717) is 5.95 Å². The van der Waals surface area contributed by atoms with Gasteiger partial charge in [0.15, 0.2) is 0 Å². The lowest BCUT2D eigenvalue weighted by atomic mass is 10.1. The Kier molecular flexibility index (Phi) is 5.41. The monoisotopic (exact) mass is 426 g/mol. The number of aromatic nitrogens is 5. The highest BCUT2D eigenvalue weighted by molar-refractivity contribution is 5.76. The van der Waals surface area contributed by atoms with Crippen LogP contribution in [0.1, 0.15) is 25.1 Å². The molecule has 3 heterocycles. The summed E-state index contributed by atoms with van der Waals surface area (Å²) < 4.78 is 1.74. The summed E-state index contributed by atoms with van der Waals surface area (Å²) in [5.41, 5.74) is 11.9. The Labute approximate surface area is 187 Å². The molecule has 4 aromatic rings. The number of nitrogen functional groups attached to an aromatic ring is 1. The van der Waals surface area contributed by atoms with Crippen LogP contribution in [0.5, 0.6) is 0 Å². The number of nitrogens with one attached hydrogen (secondary N) is 1. The first kappa shape index (κ1) is 20.0. The fraction of sp³-hybridized carbons (Fsp3) is 0.250. The smallest absolute Gasteiger partial charge is 0.227 e. The lowest BCUT2D eigenvalue weighted by Crippen LogP contribution is -2.29. The summed E-state index contributed by atoms with van der Waals surface area (Å²) in [5, 5.41) is 7.60. The normalized spacial score (nSPS) is 13.8. The van der Waals surface area contributed by atoms with Gasteiger partial charge in [-0.1, -0.05) is 6.07 Å². The summed E-state index contributed by atoms with van der Waals surface area (Å²) in [6.07, 6.45) is 7.20. The minimum atomic E-state index is 0.533. The molecule has 2 aromatic carbocycles. The summed E-state index contributed by atoms with van der Waals surface area (Å²) in [7, 11) is 0. The first-order valence-corrected chi connectivity index (χ1v) is 10.9. The molecule has 8 heteroatoms. The minimum Gasteiger partial charge on any atom is -0.397 e. The van der Waals surface area contributed by atoms with Crippen molar-refractivity contribution in [3.05, 3.63) is 66.9 Å². The molecule has 5 rings (SSSR count). The Morgan fingerprint density at radius 1 is 0.938 bits per heavy atom. The van der Waals surface area contributed by atoms with Crippen molar-refractivity contribution in [1.29, 1.82) is 0 Å². The van der Waals surface area contributed by atoms with Gasteiger partial charge in [-0.25, -0.2) is 19.6 Å². The first-order chi connectivity index (χ1) is 15.7. The average molecular weight is 427 g/mol. The van der Waals surface area contributed by atoms with Crippen molar-refractivity contribution in [2.24, 2.45) is 0 Å². The molecule has 162 valence electrons. The van der Waals surface area contributed by atoms with E-state index in [1.165, 1.54) is 19.3 Å². The maximum atomic E-state index is 6.40. The number of piperidine rings is 1. The topological polar surface area (TPSA) is 97.8 Å². The zero-order chi connectivity index (χ0) is 21.9. The highest BCUT2D eigenvalue weighted by Crippen LogP contribution is 2.31. The molecule has 0 spiro atoms. The molecule has 32 heavy (non-hydrogen) atoms. The standard InChI is InChI=1S/C24H26N8/c1-17-27-16-32(30-17)20-8-6-19(7-9-20)28-24-26-12-11-22(29-24)18-5-10-23(21(25)15-18)31-13-3-2-4-14-31/h5-12,15-16H,2-4,13-14,25H2,1H3,(H,26,28,29). The Morgan fingerprint density at radius 2 is 1.75 bits per heavy atom. The van der Waals surface area contributed by atoms with Crippen LogP contribution in [0.25, 0.3) is 16.9 Å². The minimum absolute atomic E-state index is 0.533. The van der Waals surface area contributed by atoms with Crippen LogP contribution in [0, 0.1) is 6.92 Å². The number of nitrogens with two attached hydrogens (primary N) is 1. The molecular weight excluding hydrogens is 400 g/mol. The average Bonchev–Trinajstić information content (AvgIpc) is 3.26. The maximum absolute atomic E-state index is 6.40. The van der Waals surface area contributed by atoms with E-state index >= 15 is 0 Å². The quantitative estimate of drug-likeness (QED) is 0.458. The van der Waals surface area contributed by atoms with Gasteiger partial charge in [-0.15, -0.1) is 0 Å². The van der Waals surface area contributed by atoms with Gasteiger partial charge in [-0.2, -0.15) is 5.10 Å². The lowest BCUT2D eigenvalue weighted by molar-refractivity contribution is 0.578. The molecular formula is C24H26N8. The predicted octanol–water partition coefficient (Wildman–Crippen LogP) is 4.35. The Hall–Kier alpha value is -3.94. The third-order valence-corrected chi connectivity index (χ3v) is 5.67. The van der Waals surface area contributed by atoms with Crippen LogP contribution < -0.4 is 16.0 Å². The van der Waals surface area contributed by atoms with Crippen LogP contribution >= 0.6 is 0 Å². The third kappa shape index (κ3) is 4.25. The van der Waals surface area contributed by atoms with E-state index in [0.717, 1.165) is 52.9 Å². The van der Waals surface area contributed by atoms with Crippen molar-refractivity contribution in [3.8, 4) is 16.9 Å². The highest BCUT2D eigenvalue weighted by atomic mass is 15.3. The zero-order valence-electron chi connectivity index (χ0n) is 18.1. The summed E-state index contributed by atoms with van der Waals surface area (Å²) in [6.45, 7) is 4.01. The van der Waals surface area contributed by atoms with Crippen LogP contribution in [0.3, 0.4) is 0 Å². The number of benzene rings is 2. The summed E-state index contributed by atoms with van der Waals surface area (Å²) in [5.74, 6) is 1.27. The zero-order valence-corrected chi connectivity index (χ0v) is 18.1. The van der Waals surface area contributed by atoms with Gasteiger partial charge in [0, 0.05) is 30.5 Å². The molecule has 0 unspecified atom stereocenters. The second-order valence-electron chi connectivity index (χ2n) is 8.00. The Morgan fingerprint density at radius 3 is 2.47 bits per heavy atom. The van der Waals surface area contributed by atoms with Crippen LogP contribution in [-0.4, -0.2) is 37.8 Å². The van der Waals surface area contributed by atoms with E-state index in [2.05, 4.69) is 42.4 Å². The van der Waals surface area contributed by atoms with Crippen molar-refractivity contribution >= 4 is 23.0 Å². The first-order valence-electron chi connectivity index (χ1n) is 10.9. The number of rotatable bonds is 5. The number of hydrogen-bond donors (Lipinski definition) is 2. The fourth-order valence-electron chi connectivity index (χ4n) is 4.01. The van der Waals surface area contributed by atoms with Crippen molar-refractivity contribution in [2.75, 3.05) is 29.0 Å². The molecule has 0 amide bonds. The molecule has 0 saturated carbocycles. The number of hydrogen-bond acceptors (Lipinski definition) is 7. The van der Waals surface area contributed by atoms with Gasteiger partial charge >= 0.3 is 0 Å². The van der Waals surface area contributed by atoms with Crippen molar-refractivity contribution in [3.63, 3.8) is 0 Å². The molecule has 3 N–H and O–H groups in total. The molecule has 0 aliphatic carbocycles. The summed E-state index contributed by atoms with van der Waals surface area (Å²) in [4.78, 5) is 15.6. The Balaban J connectivity index is 1.33. The largest absolute Gasteiger partial charge is 0.397 e. The lowest BCUT2D eigenvalue weighted by Gasteiger charge is -2.30. The van der Waals surface area contributed by atoms with Gasteiger partial charge in [-0.05, 0) is 68.7 Å². The van der Waals surface area contributed by atoms with E-state index in [1.54, 1.807) is 17.2 Å². The molecule has 2 aromatic heterocycles.